The van der Waals surface area contributed by atoms with Crippen molar-refractivity contribution in [3.8, 4) is 0 Å². The second-order valence-electron chi connectivity index (χ2n) is 4.58. The first-order valence-electron chi connectivity index (χ1n) is 5.95. The summed E-state index contributed by atoms with van der Waals surface area (Å²) in [6, 6.07) is 0.672. The fraction of sp³-hybridized carbons (Fsp3) is 0.600. The fourth-order valence-electron chi connectivity index (χ4n) is 2.17. The molecule has 1 N–H and O–H groups in total. The van der Waals surface area contributed by atoms with E-state index in [4.69, 9.17) is 16.7 Å². The molecule has 120 valence electrons. The highest BCUT2D eigenvalue weighted by Crippen LogP contribution is 2.37. The maximum absolute atomic E-state index is 12.6. The molecule has 2 heterocycles. The van der Waals surface area contributed by atoms with Crippen LogP contribution in [-0.4, -0.2) is 56.9 Å². The molecule has 1 saturated heterocycles. The van der Waals surface area contributed by atoms with Crippen LogP contribution >= 0.6 is 38.9 Å². The molecular formula is C10H13BrClNO5S3. The van der Waals surface area contributed by atoms with Crippen LogP contribution in [0.4, 0.5) is 0 Å². The summed E-state index contributed by atoms with van der Waals surface area (Å²) in [4.78, 5) is 0. The Hall–Kier alpha value is 0.290. The van der Waals surface area contributed by atoms with Gasteiger partial charge >= 0.3 is 0 Å². The third-order valence-corrected chi connectivity index (χ3v) is 9.75. The summed E-state index contributed by atoms with van der Waals surface area (Å²) in [5.74, 6) is -0.253. The number of halogens is 2. The van der Waals surface area contributed by atoms with Gasteiger partial charge in [0.15, 0.2) is 9.84 Å². The van der Waals surface area contributed by atoms with Crippen molar-refractivity contribution in [2.75, 3.05) is 24.7 Å². The van der Waals surface area contributed by atoms with E-state index in [9.17, 15) is 16.8 Å². The van der Waals surface area contributed by atoms with E-state index in [1.165, 1.54) is 6.07 Å². The van der Waals surface area contributed by atoms with Gasteiger partial charge < -0.3 is 5.11 Å². The number of nitrogens with zero attached hydrogens (tertiary/aromatic N) is 1. The van der Waals surface area contributed by atoms with Crippen molar-refractivity contribution in [1.29, 1.82) is 0 Å². The van der Waals surface area contributed by atoms with Crippen LogP contribution in [0.2, 0.25) is 5.02 Å². The summed E-state index contributed by atoms with van der Waals surface area (Å²) in [6.45, 7) is -0.522. The van der Waals surface area contributed by atoms with Gasteiger partial charge in [-0.25, -0.2) is 16.8 Å². The van der Waals surface area contributed by atoms with Crippen LogP contribution in [0.15, 0.2) is 14.1 Å². The highest BCUT2D eigenvalue weighted by atomic mass is 79.9. The first-order valence-corrected chi connectivity index (χ1v) is 11.2. The summed E-state index contributed by atoms with van der Waals surface area (Å²) in [6.07, 6.45) is 0.238. The van der Waals surface area contributed by atoms with Gasteiger partial charge in [-0.2, -0.15) is 4.31 Å². The lowest BCUT2D eigenvalue weighted by Gasteiger charge is -2.25. The monoisotopic (exact) mass is 437 g/mol. The molecule has 21 heavy (non-hydrogen) atoms. The number of sulfonamides is 1. The zero-order chi connectivity index (χ0) is 15.8. The van der Waals surface area contributed by atoms with E-state index in [1.807, 2.05) is 0 Å². The molecule has 1 aliphatic heterocycles. The van der Waals surface area contributed by atoms with Crippen molar-refractivity contribution in [2.24, 2.45) is 0 Å². The van der Waals surface area contributed by atoms with Crippen LogP contribution < -0.4 is 0 Å². The van der Waals surface area contributed by atoms with Gasteiger partial charge in [-0.15, -0.1) is 11.3 Å². The van der Waals surface area contributed by atoms with Crippen molar-refractivity contribution in [2.45, 2.75) is 16.7 Å². The Morgan fingerprint density at radius 2 is 2.19 bits per heavy atom. The van der Waals surface area contributed by atoms with Crippen LogP contribution in [0.5, 0.6) is 0 Å². The highest BCUT2D eigenvalue weighted by Gasteiger charge is 2.39. The molecule has 1 fully saturated rings. The Morgan fingerprint density at radius 1 is 1.52 bits per heavy atom. The normalized spacial score (nSPS) is 22.0. The van der Waals surface area contributed by atoms with Crippen LogP contribution in [0.25, 0.3) is 0 Å². The molecule has 11 heteroatoms. The van der Waals surface area contributed by atoms with Crippen LogP contribution in [0, 0.1) is 0 Å². The van der Waals surface area contributed by atoms with Crippen molar-refractivity contribution in [3.63, 3.8) is 0 Å². The SMILES string of the molecule is O=S1(=O)CCC(N(CCO)S(=O)(=O)c2cc(Cl)c(Br)s2)C1. The molecule has 0 bridgehead atoms. The first-order chi connectivity index (χ1) is 9.67. The van der Waals surface area contributed by atoms with Crippen molar-refractivity contribution in [1.82, 2.24) is 4.31 Å². The largest absolute Gasteiger partial charge is 0.395 e. The van der Waals surface area contributed by atoms with Crippen LogP contribution in [0.1, 0.15) is 6.42 Å². The van der Waals surface area contributed by atoms with Gasteiger partial charge in [0.1, 0.15) is 4.21 Å². The van der Waals surface area contributed by atoms with Crippen molar-refractivity contribution < 1.29 is 21.9 Å². The van der Waals surface area contributed by atoms with Gasteiger partial charge in [0.05, 0.1) is 26.9 Å². The lowest BCUT2D eigenvalue weighted by molar-refractivity contribution is 0.233. The van der Waals surface area contributed by atoms with Gasteiger partial charge in [-0.1, -0.05) is 11.6 Å². The minimum absolute atomic E-state index is 0.0251. The average Bonchev–Trinajstić information content (AvgIpc) is 2.90. The molecule has 1 aromatic heterocycles. The zero-order valence-electron chi connectivity index (χ0n) is 10.7. The molecule has 0 amide bonds. The lowest BCUT2D eigenvalue weighted by atomic mass is 10.3. The van der Waals surface area contributed by atoms with Gasteiger partial charge in [0.25, 0.3) is 10.0 Å². The van der Waals surface area contributed by atoms with Gasteiger partial charge in [-0.05, 0) is 28.4 Å². The highest BCUT2D eigenvalue weighted by molar-refractivity contribution is 9.11. The van der Waals surface area contributed by atoms with E-state index >= 15 is 0 Å². The molecule has 2 rings (SSSR count). The minimum atomic E-state index is -3.89. The van der Waals surface area contributed by atoms with E-state index in [0.29, 0.717) is 3.79 Å². The molecule has 0 aromatic carbocycles. The summed E-state index contributed by atoms with van der Waals surface area (Å²) in [5, 5.41) is 9.39. The van der Waals surface area contributed by atoms with Crippen LogP contribution in [-0.2, 0) is 19.9 Å². The first kappa shape index (κ1) is 17.6. The quantitative estimate of drug-likeness (QED) is 0.749. The van der Waals surface area contributed by atoms with Gasteiger partial charge in [-0.3, -0.25) is 0 Å². The number of thiophene rings is 1. The van der Waals surface area contributed by atoms with E-state index < -0.39 is 25.9 Å². The number of aliphatic hydroxyl groups is 1. The van der Waals surface area contributed by atoms with E-state index in [-0.39, 0.29) is 40.3 Å². The predicted molar refractivity (Wildman–Crippen MR) is 85.1 cm³/mol. The standard InChI is InChI=1S/C10H13BrClNO5S3/c11-10-8(12)5-9(19-10)21(17,18)13(2-3-14)7-1-4-20(15,16)6-7/h5,7,14H,1-4,6H2. The fourth-order valence-corrected chi connectivity index (χ4v) is 8.17. The Kier molecular flexibility index (Phi) is 5.39. The number of hydrogen-bond donors (Lipinski definition) is 1. The Balaban J connectivity index is 2.37. The second kappa shape index (κ2) is 6.42. The molecule has 1 atom stereocenters. The predicted octanol–water partition coefficient (Wildman–Crippen LogP) is 1.33. The summed E-state index contributed by atoms with van der Waals surface area (Å²) in [5.41, 5.74) is 0. The molecule has 1 aromatic rings. The number of aliphatic hydroxyl groups excluding tert-OH is 1. The second-order valence-corrected chi connectivity index (χ2v) is 11.7. The Bertz CT molecular complexity index is 710. The van der Waals surface area contributed by atoms with E-state index in [1.54, 1.807) is 0 Å². The molecular weight excluding hydrogens is 426 g/mol. The molecule has 6 nitrogen and oxygen atoms in total. The summed E-state index contributed by atoms with van der Waals surface area (Å²) >= 11 is 9.97. The summed E-state index contributed by atoms with van der Waals surface area (Å²) < 4.78 is 50.0. The zero-order valence-corrected chi connectivity index (χ0v) is 15.5. The molecule has 1 aliphatic rings. The maximum Gasteiger partial charge on any atom is 0.253 e. The van der Waals surface area contributed by atoms with Crippen molar-refractivity contribution in [3.05, 3.63) is 14.9 Å². The van der Waals surface area contributed by atoms with E-state index in [2.05, 4.69) is 15.9 Å². The third kappa shape index (κ3) is 3.80. The lowest BCUT2D eigenvalue weighted by Crippen LogP contribution is -2.42. The molecule has 0 spiro atoms. The molecule has 0 saturated carbocycles. The average molecular weight is 439 g/mol. The number of hydrogen-bond acceptors (Lipinski definition) is 6. The summed E-state index contributed by atoms with van der Waals surface area (Å²) in [7, 11) is -7.11. The number of sulfone groups is 1. The van der Waals surface area contributed by atoms with Crippen molar-refractivity contribution >= 4 is 58.7 Å². The Morgan fingerprint density at radius 3 is 2.62 bits per heavy atom. The minimum Gasteiger partial charge on any atom is -0.395 e. The van der Waals surface area contributed by atoms with E-state index in [0.717, 1.165) is 15.6 Å². The van der Waals surface area contributed by atoms with Gasteiger partial charge in [0, 0.05) is 12.6 Å². The topological polar surface area (TPSA) is 91.8 Å². The molecule has 0 radical (unpaired) electrons. The molecule has 0 aliphatic carbocycles. The van der Waals surface area contributed by atoms with Gasteiger partial charge in [0.2, 0.25) is 0 Å². The third-order valence-electron chi connectivity index (χ3n) is 3.12. The number of rotatable bonds is 5. The smallest absolute Gasteiger partial charge is 0.253 e. The Labute approximate surface area is 140 Å². The molecule has 1 unspecified atom stereocenters. The maximum atomic E-state index is 12.6. The van der Waals surface area contributed by atoms with Crippen LogP contribution in [0.3, 0.4) is 0 Å².